The number of hydrogen-bond donors (Lipinski definition) is 2. The molecule has 108 valence electrons. The fourth-order valence-corrected chi connectivity index (χ4v) is 4.40. The summed E-state index contributed by atoms with van der Waals surface area (Å²) in [6, 6.07) is 8.80. The van der Waals surface area contributed by atoms with Crippen molar-refractivity contribution in [2.75, 3.05) is 11.9 Å². The van der Waals surface area contributed by atoms with Crippen LogP contribution in [-0.2, 0) is 16.6 Å². The number of anilines is 1. The van der Waals surface area contributed by atoms with E-state index in [2.05, 4.69) is 26.0 Å². The van der Waals surface area contributed by atoms with Crippen LogP contribution in [0.15, 0.2) is 45.1 Å². The maximum atomic E-state index is 12.3. The molecule has 1 aromatic heterocycles. The highest BCUT2D eigenvalue weighted by Gasteiger charge is 2.17. The van der Waals surface area contributed by atoms with Crippen LogP contribution in [0.1, 0.15) is 11.8 Å². The van der Waals surface area contributed by atoms with Crippen molar-refractivity contribution in [1.29, 1.82) is 0 Å². The predicted octanol–water partition coefficient (Wildman–Crippen LogP) is 3.42. The Balaban J connectivity index is 2.18. The molecule has 0 bridgehead atoms. The lowest BCUT2D eigenvalue weighted by Gasteiger charge is -2.11. The third-order valence-electron chi connectivity index (χ3n) is 2.60. The average Bonchev–Trinajstić information content (AvgIpc) is 2.83. The van der Waals surface area contributed by atoms with Gasteiger partial charge in [0.2, 0.25) is 10.0 Å². The molecule has 0 spiro atoms. The van der Waals surface area contributed by atoms with Crippen molar-refractivity contribution in [3.05, 3.63) is 45.1 Å². The third kappa shape index (κ3) is 3.82. The number of nitrogens with one attached hydrogen (secondary N) is 2. The highest BCUT2D eigenvalue weighted by molar-refractivity contribution is 9.10. The first-order chi connectivity index (χ1) is 9.53. The minimum Gasteiger partial charge on any atom is -0.384 e. The van der Waals surface area contributed by atoms with Crippen molar-refractivity contribution in [2.24, 2.45) is 0 Å². The van der Waals surface area contributed by atoms with E-state index in [0.717, 1.165) is 9.35 Å². The number of halogens is 1. The Labute approximate surface area is 131 Å². The molecule has 0 aliphatic carbocycles. The molecule has 0 fully saturated rings. The van der Waals surface area contributed by atoms with Gasteiger partial charge in [0.05, 0.1) is 5.69 Å². The predicted molar refractivity (Wildman–Crippen MR) is 86.7 cm³/mol. The zero-order valence-electron chi connectivity index (χ0n) is 10.9. The van der Waals surface area contributed by atoms with Gasteiger partial charge in [-0.25, -0.2) is 13.1 Å². The molecular formula is C13H15BrN2O2S2. The zero-order valence-corrected chi connectivity index (χ0v) is 14.1. The molecule has 0 saturated heterocycles. The van der Waals surface area contributed by atoms with E-state index in [1.807, 2.05) is 24.4 Å². The van der Waals surface area contributed by atoms with E-state index in [9.17, 15) is 8.42 Å². The Bertz CT molecular complexity index is 683. The fraction of sp³-hybridized carbons (Fsp3) is 0.231. The van der Waals surface area contributed by atoms with Crippen LogP contribution in [-0.4, -0.2) is 15.0 Å². The summed E-state index contributed by atoms with van der Waals surface area (Å²) in [7, 11) is -3.52. The third-order valence-corrected chi connectivity index (χ3v) is 5.76. The van der Waals surface area contributed by atoms with Gasteiger partial charge in [-0.15, -0.1) is 11.3 Å². The van der Waals surface area contributed by atoms with Crippen molar-refractivity contribution in [1.82, 2.24) is 4.72 Å². The lowest BCUT2D eigenvalue weighted by Crippen LogP contribution is -2.23. The largest absolute Gasteiger partial charge is 0.384 e. The van der Waals surface area contributed by atoms with Crippen LogP contribution >= 0.6 is 27.3 Å². The van der Waals surface area contributed by atoms with Crippen molar-refractivity contribution < 1.29 is 8.42 Å². The van der Waals surface area contributed by atoms with Crippen LogP contribution in [0.5, 0.6) is 0 Å². The Morgan fingerprint density at radius 2 is 2.05 bits per heavy atom. The van der Waals surface area contributed by atoms with E-state index in [1.165, 1.54) is 11.3 Å². The van der Waals surface area contributed by atoms with E-state index in [4.69, 9.17) is 0 Å². The van der Waals surface area contributed by atoms with Crippen LogP contribution in [0.4, 0.5) is 5.69 Å². The minimum atomic E-state index is -3.52. The summed E-state index contributed by atoms with van der Waals surface area (Å²) in [5.74, 6) is 0. The lowest BCUT2D eigenvalue weighted by molar-refractivity contribution is 0.582. The summed E-state index contributed by atoms with van der Waals surface area (Å²) in [6.07, 6.45) is 0. The molecule has 2 N–H and O–H groups in total. The van der Waals surface area contributed by atoms with Crippen molar-refractivity contribution in [3.8, 4) is 0 Å². The maximum Gasteiger partial charge on any atom is 0.242 e. The van der Waals surface area contributed by atoms with Crippen LogP contribution in [0.2, 0.25) is 0 Å². The Hall–Kier alpha value is -0.890. The van der Waals surface area contributed by atoms with Gasteiger partial charge in [0.1, 0.15) is 4.90 Å². The first-order valence-electron chi connectivity index (χ1n) is 6.08. The van der Waals surface area contributed by atoms with Gasteiger partial charge in [-0.3, -0.25) is 0 Å². The molecule has 0 saturated carbocycles. The van der Waals surface area contributed by atoms with Crippen molar-refractivity contribution in [3.63, 3.8) is 0 Å². The SMILES string of the molecule is CCNc1ccccc1S(=O)(=O)NCc1cc(Br)cs1. The molecule has 0 aliphatic heterocycles. The average molecular weight is 375 g/mol. The number of rotatable bonds is 6. The van der Waals surface area contributed by atoms with Gasteiger partial charge in [-0.1, -0.05) is 12.1 Å². The van der Waals surface area contributed by atoms with Crippen LogP contribution in [0.3, 0.4) is 0 Å². The fourth-order valence-electron chi connectivity index (χ4n) is 1.73. The molecule has 0 radical (unpaired) electrons. The first-order valence-corrected chi connectivity index (χ1v) is 9.24. The second kappa shape index (κ2) is 6.71. The summed E-state index contributed by atoms with van der Waals surface area (Å²) in [4.78, 5) is 1.24. The lowest BCUT2D eigenvalue weighted by atomic mass is 10.3. The van der Waals surface area contributed by atoms with E-state index in [0.29, 0.717) is 18.8 Å². The van der Waals surface area contributed by atoms with Crippen molar-refractivity contribution in [2.45, 2.75) is 18.4 Å². The Kier molecular flexibility index (Phi) is 5.20. The highest BCUT2D eigenvalue weighted by atomic mass is 79.9. The van der Waals surface area contributed by atoms with Gasteiger partial charge >= 0.3 is 0 Å². The quantitative estimate of drug-likeness (QED) is 0.814. The first kappa shape index (κ1) is 15.5. The van der Waals surface area contributed by atoms with Crippen molar-refractivity contribution >= 4 is 43.0 Å². The minimum absolute atomic E-state index is 0.275. The van der Waals surface area contributed by atoms with E-state index in [1.54, 1.807) is 18.2 Å². The van der Waals surface area contributed by atoms with E-state index < -0.39 is 10.0 Å². The molecule has 0 unspecified atom stereocenters. The number of thiophene rings is 1. The second-order valence-corrected chi connectivity index (χ2v) is 7.73. The molecule has 4 nitrogen and oxygen atoms in total. The van der Waals surface area contributed by atoms with Crippen LogP contribution in [0, 0.1) is 0 Å². The monoisotopic (exact) mass is 374 g/mol. The normalized spacial score (nSPS) is 11.5. The Morgan fingerprint density at radius 1 is 1.30 bits per heavy atom. The number of para-hydroxylation sites is 1. The van der Waals surface area contributed by atoms with Crippen LogP contribution < -0.4 is 10.0 Å². The van der Waals surface area contributed by atoms with Crippen LogP contribution in [0.25, 0.3) is 0 Å². The second-order valence-electron chi connectivity index (χ2n) is 4.08. The molecule has 0 atom stereocenters. The van der Waals surface area contributed by atoms with Gasteiger partial charge in [0.25, 0.3) is 0 Å². The zero-order chi connectivity index (χ0) is 14.6. The standard InChI is InChI=1S/C13H15BrN2O2S2/c1-2-15-12-5-3-4-6-13(12)20(17,18)16-8-11-7-10(14)9-19-11/h3-7,9,15-16H,2,8H2,1H3. The molecule has 2 aromatic rings. The molecule has 1 heterocycles. The van der Waals surface area contributed by atoms with E-state index in [-0.39, 0.29) is 4.90 Å². The van der Waals surface area contributed by atoms with Gasteiger partial charge in [0, 0.05) is 27.8 Å². The van der Waals surface area contributed by atoms with E-state index >= 15 is 0 Å². The van der Waals surface area contributed by atoms with Gasteiger partial charge in [-0.05, 0) is 41.1 Å². The molecule has 2 rings (SSSR count). The molecule has 0 aliphatic rings. The molecule has 7 heteroatoms. The molecular weight excluding hydrogens is 360 g/mol. The maximum absolute atomic E-state index is 12.3. The number of hydrogen-bond acceptors (Lipinski definition) is 4. The summed E-state index contributed by atoms with van der Waals surface area (Å²) in [6.45, 7) is 2.89. The summed E-state index contributed by atoms with van der Waals surface area (Å²) in [5, 5.41) is 4.99. The Morgan fingerprint density at radius 3 is 2.70 bits per heavy atom. The smallest absolute Gasteiger partial charge is 0.242 e. The van der Waals surface area contributed by atoms with Gasteiger partial charge in [-0.2, -0.15) is 0 Å². The van der Waals surface area contributed by atoms with Gasteiger partial charge in [0.15, 0.2) is 0 Å². The summed E-state index contributed by atoms with van der Waals surface area (Å²) < 4.78 is 28.3. The molecule has 20 heavy (non-hydrogen) atoms. The topological polar surface area (TPSA) is 58.2 Å². The summed E-state index contributed by atoms with van der Waals surface area (Å²) in [5.41, 5.74) is 0.620. The highest BCUT2D eigenvalue weighted by Crippen LogP contribution is 2.22. The van der Waals surface area contributed by atoms with Gasteiger partial charge < -0.3 is 5.32 Å². The number of sulfonamides is 1. The number of benzene rings is 1. The molecule has 0 amide bonds. The summed E-state index contributed by atoms with van der Waals surface area (Å²) >= 11 is 4.86. The molecule has 1 aromatic carbocycles.